The highest BCUT2D eigenvalue weighted by atomic mass is 19.1. The van der Waals surface area contributed by atoms with Crippen LogP contribution in [0.3, 0.4) is 0 Å². The average Bonchev–Trinajstić information content (AvgIpc) is 2.22. The van der Waals surface area contributed by atoms with Crippen LogP contribution in [0.2, 0.25) is 0 Å². The molecule has 2 rings (SSSR count). The number of rotatable bonds is 2. The summed E-state index contributed by atoms with van der Waals surface area (Å²) in [6, 6.07) is 6.39. The van der Waals surface area contributed by atoms with Crippen LogP contribution in [-0.2, 0) is 4.79 Å². The molecule has 1 aromatic rings. The second kappa shape index (κ2) is 4.13. The van der Waals surface area contributed by atoms with E-state index in [1.165, 1.54) is 12.1 Å². The molecule has 1 amide bonds. The number of para-hydroxylation sites is 1. The molecule has 0 fully saturated rings. The molecule has 0 aliphatic carbocycles. The molecule has 2 N–H and O–H groups in total. The van der Waals surface area contributed by atoms with Crippen molar-refractivity contribution >= 4 is 11.6 Å². The lowest BCUT2D eigenvalue weighted by Gasteiger charge is -2.15. The fourth-order valence-corrected chi connectivity index (χ4v) is 1.44. The van der Waals surface area contributed by atoms with Gasteiger partial charge in [0.25, 0.3) is 0 Å². The molecule has 0 unspecified atom stereocenters. The van der Waals surface area contributed by atoms with Gasteiger partial charge in [0.15, 0.2) is 0 Å². The summed E-state index contributed by atoms with van der Waals surface area (Å²) < 4.78 is 13.3. The van der Waals surface area contributed by atoms with E-state index in [1.807, 2.05) is 0 Å². The molecule has 0 saturated carbocycles. The smallest absolute Gasteiger partial charge is 0.245 e. The molecule has 0 saturated heterocycles. The van der Waals surface area contributed by atoms with Gasteiger partial charge >= 0.3 is 0 Å². The van der Waals surface area contributed by atoms with Crippen molar-refractivity contribution in [3.63, 3.8) is 0 Å². The molecule has 15 heavy (non-hydrogen) atoms. The summed E-state index contributed by atoms with van der Waals surface area (Å²) in [5, 5.41) is 5.57. The van der Waals surface area contributed by atoms with Crippen molar-refractivity contribution in [1.82, 2.24) is 5.32 Å². The van der Waals surface area contributed by atoms with E-state index in [0.717, 1.165) is 5.70 Å². The van der Waals surface area contributed by atoms with Crippen LogP contribution in [0.25, 0.3) is 0 Å². The number of nitrogens with one attached hydrogen (secondary N) is 2. The third-order valence-electron chi connectivity index (χ3n) is 2.17. The van der Waals surface area contributed by atoms with Gasteiger partial charge in [-0.05, 0) is 12.1 Å². The third-order valence-corrected chi connectivity index (χ3v) is 2.17. The van der Waals surface area contributed by atoms with Gasteiger partial charge < -0.3 is 10.6 Å². The predicted molar refractivity (Wildman–Crippen MR) is 55.7 cm³/mol. The van der Waals surface area contributed by atoms with Gasteiger partial charge in [0.1, 0.15) is 5.82 Å². The van der Waals surface area contributed by atoms with Crippen LogP contribution < -0.4 is 10.6 Å². The van der Waals surface area contributed by atoms with Gasteiger partial charge in [-0.3, -0.25) is 4.79 Å². The first-order chi connectivity index (χ1) is 7.25. The summed E-state index contributed by atoms with van der Waals surface area (Å²) in [5.41, 5.74) is 1.14. The summed E-state index contributed by atoms with van der Waals surface area (Å²) in [4.78, 5) is 11.0. The minimum Gasteiger partial charge on any atom is -0.356 e. The van der Waals surface area contributed by atoms with Gasteiger partial charge in [-0.15, -0.1) is 0 Å². The molecule has 4 heteroatoms. The van der Waals surface area contributed by atoms with E-state index < -0.39 is 0 Å². The molecule has 1 heterocycles. The number of amides is 1. The highest BCUT2D eigenvalue weighted by Crippen LogP contribution is 2.16. The van der Waals surface area contributed by atoms with E-state index in [9.17, 15) is 9.18 Å². The van der Waals surface area contributed by atoms with Crippen molar-refractivity contribution in [2.45, 2.75) is 6.42 Å². The van der Waals surface area contributed by atoms with Crippen molar-refractivity contribution in [2.75, 3.05) is 11.9 Å². The van der Waals surface area contributed by atoms with Crippen LogP contribution in [0, 0.1) is 5.82 Å². The first-order valence-corrected chi connectivity index (χ1v) is 4.75. The van der Waals surface area contributed by atoms with Crippen LogP contribution >= 0.6 is 0 Å². The van der Waals surface area contributed by atoms with Crippen molar-refractivity contribution in [2.24, 2.45) is 0 Å². The Morgan fingerprint density at radius 2 is 2.13 bits per heavy atom. The topological polar surface area (TPSA) is 41.1 Å². The molecule has 78 valence electrons. The number of hydrogen-bond acceptors (Lipinski definition) is 2. The number of anilines is 1. The summed E-state index contributed by atoms with van der Waals surface area (Å²) in [7, 11) is 0. The van der Waals surface area contributed by atoms with Crippen LogP contribution in [0.4, 0.5) is 10.1 Å². The van der Waals surface area contributed by atoms with Crippen molar-refractivity contribution in [1.29, 1.82) is 0 Å². The molecular formula is C11H11FN2O. The van der Waals surface area contributed by atoms with E-state index in [1.54, 1.807) is 18.2 Å². The Balaban J connectivity index is 2.15. The van der Waals surface area contributed by atoms with E-state index >= 15 is 0 Å². The number of benzene rings is 1. The first kappa shape index (κ1) is 9.71. The van der Waals surface area contributed by atoms with Crippen molar-refractivity contribution in [3.8, 4) is 0 Å². The maximum atomic E-state index is 13.3. The lowest BCUT2D eigenvalue weighted by molar-refractivity contribution is -0.116. The van der Waals surface area contributed by atoms with Crippen LogP contribution in [0.1, 0.15) is 6.42 Å². The highest BCUT2D eigenvalue weighted by Gasteiger charge is 2.09. The quantitative estimate of drug-likeness (QED) is 0.772. The van der Waals surface area contributed by atoms with Gasteiger partial charge in [0, 0.05) is 24.7 Å². The molecule has 0 atom stereocenters. The number of carbonyl (C=O) groups excluding carboxylic acids is 1. The van der Waals surface area contributed by atoms with E-state index in [2.05, 4.69) is 10.6 Å². The fourth-order valence-electron chi connectivity index (χ4n) is 1.44. The van der Waals surface area contributed by atoms with Crippen molar-refractivity contribution < 1.29 is 9.18 Å². The summed E-state index contributed by atoms with van der Waals surface area (Å²) >= 11 is 0. The second-order valence-corrected chi connectivity index (χ2v) is 3.32. The van der Waals surface area contributed by atoms with E-state index in [-0.39, 0.29) is 11.7 Å². The monoisotopic (exact) mass is 206 g/mol. The Bertz CT molecular complexity index is 415. The third kappa shape index (κ3) is 2.34. The average molecular weight is 206 g/mol. The normalized spacial score (nSPS) is 15.5. The minimum absolute atomic E-state index is 0.139. The summed E-state index contributed by atoms with van der Waals surface area (Å²) in [5.74, 6) is -0.454. The van der Waals surface area contributed by atoms with Crippen LogP contribution in [-0.4, -0.2) is 12.5 Å². The molecule has 1 aliphatic heterocycles. The number of carbonyl (C=O) groups is 1. The van der Waals surface area contributed by atoms with Gasteiger partial charge in [-0.25, -0.2) is 4.39 Å². The molecule has 0 radical (unpaired) electrons. The largest absolute Gasteiger partial charge is 0.356 e. The Hall–Kier alpha value is -1.84. The second-order valence-electron chi connectivity index (χ2n) is 3.32. The minimum atomic E-state index is -0.315. The zero-order chi connectivity index (χ0) is 10.7. The fraction of sp³-hybridized carbons (Fsp3) is 0.182. The molecule has 3 nitrogen and oxygen atoms in total. The van der Waals surface area contributed by atoms with Gasteiger partial charge in [-0.2, -0.15) is 0 Å². The van der Waals surface area contributed by atoms with Gasteiger partial charge in [0.05, 0.1) is 5.69 Å². The Kier molecular flexibility index (Phi) is 2.67. The Morgan fingerprint density at radius 3 is 2.87 bits per heavy atom. The predicted octanol–water partition coefficient (Wildman–Crippen LogP) is 1.64. The molecular weight excluding hydrogens is 195 g/mol. The van der Waals surface area contributed by atoms with Crippen LogP contribution in [0.5, 0.6) is 0 Å². The van der Waals surface area contributed by atoms with Gasteiger partial charge in [-0.1, -0.05) is 12.1 Å². The van der Waals surface area contributed by atoms with Crippen molar-refractivity contribution in [3.05, 3.63) is 41.9 Å². The van der Waals surface area contributed by atoms with E-state index in [4.69, 9.17) is 0 Å². The SMILES string of the molecule is O=C1C=C(Nc2ccccc2F)CCN1. The molecule has 0 aromatic heterocycles. The molecule has 1 aromatic carbocycles. The lowest BCUT2D eigenvalue weighted by Crippen LogP contribution is -2.28. The zero-order valence-corrected chi connectivity index (χ0v) is 8.09. The Morgan fingerprint density at radius 1 is 1.33 bits per heavy atom. The molecule has 0 spiro atoms. The van der Waals surface area contributed by atoms with Crippen LogP contribution in [0.15, 0.2) is 36.0 Å². The molecule has 1 aliphatic rings. The zero-order valence-electron chi connectivity index (χ0n) is 8.09. The number of hydrogen-bond donors (Lipinski definition) is 2. The summed E-state index contributed by atoms with van der Waals surface area (Å²) in [6.07, 6.45) is 2.15. The highest BCUT2D eigenvalue weighted by molar-refractivity contribution is 5.89. The molecule has 0 bridgehead atoms. The lowest BCUT2D eigenvalue weighted by atomic mass is 10.2. The number of halogens is 1. The maximum Gasteiger partial charge on any atom is 0.245 e. The van der Waals surface area contributed by atoms with E-state index in [0.29, 0.717) is 18.7 Å². The maximum absolute atomic E-state index is 13.3. The Labute approximate surface area is 87.0 Å². The summed E-state index contributed by atoms with van der Waals surface area (Å²) in [6.45, 7) is 0.589. The van der Waals surface area contributed by atoms with Gasteiger partial charge in [0.2, 0.25) is 5.91 Å². The standard InChI is InChI=1S/C11H11FN2O/c12-9-3-1-2-4-10(9)14-8-5-6-13-11(15)7-8/h1-4,7,14H,5-6H2,(H,13,15). The first-order valence-electron chi connectivity index (χ1n) is 4.75.